The summed E-state index contributed by atoms with van der Waals surface area (Å²) in [6.07, 6.45) is 1.68. The van der Waals surface area contributed by atoms with Crippen molar-refractivity contribution in [1.82, 2.24) is 10.2 Å². The SMILES string of the molecule is CNC(=O)C1CCCN(C(=O)c2ccc(Br)cc2S)C1. The lowest BCUT2D eigenvalue weighted by Gasteiger charge is -2.32. The molecular weight excluding hydrogens is 340 g/mol. The summed E-state index contributed by atoms with van der Waals surface area (Å²) in [7, 11) is 1.63. The number of nitrogens with one attached hydrogen (secondary N) is 1. The fraction of sp³-hybridized carbons (Fsp3) is 0.429. The van der Waals surface area contributed by atoms with Crippen molar-refractivity contribution in [3.8, 4) is 0 Å². The van der Waals surface area contributed by atoms with E-state index in [1.165, 1.54) is 0 Å². The monoisotopic (exact) mass is 356 g/mol. The Kier molecular flexibility index (Phi) is 5.10. The molecule has 2 amide bonds. The van der Waals surface area contributed by atoms with E-state index in [4.69, 9.17) is 0 Å². The van der Waals surface area contributed by atoms with Crippen molar-refractivity contribution >= 4 is 40.4 Å². The molecule has 0 spiro atoms. The summed E-state index contributed by atoms with van der Waals surface area (Å²) in [6, 6.07) is 5.39. The third kappa shape index (κ3) is 3.35. The van der Waals surface area contributed by atoms with Crippen LogP contribution in [0.2, 0.25) is 0 Å². The number of piperidine rings is 1. The largest absolute Gasteiger partial charge is 0.359 e. The van der Waals surface area contributed by atoms with E-state index in [-0.39, 0.29) is 17.7 Å². The van der Waals surface area contributed by atoms with Crippen molar-refractivity contribution < 1.29 is 9.59 Å². The molecule has 1 saturated heterocycles. The number of nitrogens with zero attached hydrogens (tertiary/aromatic N) is 1. The molecule has 1 aromatic carbocycles. The minimum absolute atomic E-state index is 0.00408. The van der Waals surface area contributed by atoms with E-state index in [1.807, 2.05) is 6.07 Å². The molecule has 0 bridgehead atoms. The van der Waals surface area contributed by atoms with Crippen LogP contribution >= 0.6 is 28.6 Å². The summed E-state index contributed by atoms with van der Waals surface area (Å²) in [4.78, 5) is 26.6. The van der Waals surface area contributed by atoms with Crippen molar-refractivity contribution in [2.45, 2.75) is 17.7 Å². The van der Waals surface area contributed by atoms with Crippen LogP contribution in [0.3, 0.4) is 0 Å². The zero-order valence-electron chi connectivity index (χ0n) is 11.2. The Bertz CT molecular complexity index is 536. The first kappa shape index (κ1) is 15.4. The predicted molar refractivity (Wildman–Crippen MR) is 84.1 cm³/mol. The molecule has 0 radical (unpaired) electrons. The maximum absolute atomic E-state index is 12.5. The molecule has 6 heteroatoms. The van der Waals surface area contributed by atoms with Crippen LogP contribution in [-0.2, 0) is 4.79 Å². The third-order valence-electron chi connectivity index (χ3n) is 3.52. The van der Waals surface area contributed by atoms with E-state index in [9.17, 15) is 9.59 Å². The number of carbonyl (C=O) groups excluding carboxylic acids is 2. The van der Waals surface area contributed by atoms with Gasteiger partial charge in [-0.1, -0.05) is 15.9 Å². The summed E-state index contributed by atoms with van der Waals surface area (Å²) >= 11 is 7.70. The van der Waals surface area contributed by atoms with Gasteiger partial charge in [0.15, 0.2) is 0 Å². The first-order valence-corrected chi connectivity index (χ1v) is 7.76. The first-order valence-electron chi connectivity index (χ1n) is 6.52. The van der Waals surface area contributed by atoms with E-state index in [1.54, 1.807) is 24.1 Å². The average Bonchev–Trinajstić information content (AvgIpc) is 2.46. The van der Waals surface area contributed by atoms with Crippen molar-refractivity contribution in [3.05, 3.63) is 28.2 Å². The maximum atomic E-state index is 12.5. The molecule has 20 heavy (non-hydrogen) atoms. The van der Waals surface area contributed by atoms with E-state index in [2.05, 4.69) is 33.9 Å². The number of thiol groups is 1. The molecule has 2 rings (SSSR count). The molecule has 1 unspecified atom stereocenters. The van der Waals surface area contributed by atoms with Crippen LogP contribution in [0.5, 0.6) is 0 Å². The Balaban J connectivity index is 2.14. The fourth-order valence-corrected chi connectivity index (χ4v) is 3.28. The molecule has 1 atom stereocenters. The number of hydrogen-bond donors (Lipinski definition) is 2. The van der Waals surface area contributed by atoms with Gasteiger partial charge in [-0.15, -0.1) is 12.6 Å². The van der Waals surface area contributed by atoms with Gasteiger partial charge in [0.2, 0.25) is 5.91 Å². The lowest BCUT2D eigenvalue weighted by atomic mass is 9.96. The molecule has 0 aromatic heterocycles. The first-order chi connectivity index (χ1) is 9.52. The highest BCUT2D eigenvalue weighted by Crippen LogP contribution is 2.24. The van der Waals surface area contributed by atoms with Gasteiger partial charge in [0, 0.05) is 29.5 Å². The summed E-state index contributed by atoms with van der Waals surface area (Å²) in [5.74, 6) is -0.169. The molecule has 0 aliphatic carbocycles. The summed E-state index contributed by atoms with van der Waals surface area (Å²) in [6.45, 7) is 1.16. The Morgan fingerprint density at radius 2 is 2.20 bits per heavy atom. The smallest absolute Gasteiger partial charge is 0.255 e. The van der Waals surface area contributed by atoms with Gasteiger partial charge in [-0.05, 0) is 31.0 Å². The minimum Gasteiger partial charge on any atom is -0.359 e. The number of rotatable bonds is 2. The Morgan fingerprint density at radius 1 is 1.45 bits per heavy atom. The van der Waals surface area contributed by atoms with Gasteiger partial charge in [0.25, 0.3) is 5.91 Å². The van der Waals surface area contributed by atoms with Gasteiger partial charge in [-0.25, -0.2) is 0 Å². The highest BCUT2D eigenvalue weighted by molar-refractivity contribution is 9.10. The number of amides is 2. The molecule has 4 nitrogen and oxygen atoms in total. The van der Waals surface area contributed by atoms with Crippen LogP contribution in [0.4, 0.5) is 0 Å². The lowest BCUT2D eigenvalue weighted by Crippen LogP contribution is -2.44. The Hall–Kier alpha value is -1.01. The lowest BCUT2D eigenvalue weighted by molar-refractivity contribution is -0.125. The van der Waals surface area contributed by atoms with Crippen LogP contribution in [0.15, 0.2) is 27.6 Å². The molecule has 1 aliphatic heterocycles. The number of likely N-dealkylation sites (tertiary alicyclic amines) is 1. The van der Waals surface area contributed by atoms with Crippen LogP contribution in [0.25, 0.3) is 0 Å². The van der Waals surface area contributed by atoms with Crippen LogP contribution in [0.1, 0.15) is 23.2 Å². The second kappa shape index (κ2) is 6.63. The molecule has 1 N–H and O–H groups in total. The van der Waals surface area contributed by atoms with Crippen molar-refractivity contribution in [2.24, 2.45) is 5.92 Å². The molecule has 1 fully saturated rings. The number of hydrogen-bond acceptors (Lipinski definition) is 3. The second-order valence-corrected chi connectivity index (χ2v) is 6.26. The molecular formula is C14H17BrN2O2S. The van der Waals surface area contributed by atoms with Gasteiger partial charge in [0.05, 0.1) is 11.5 Å². The third-order valence-corrected chi connectivity index (χ3v) is 4.38. The molecule has 1 heterocycles. The van der Waals surface area contributed by atoms with Crippen molar-refractivity contribution in [2.75, 3.05) is 20.1 Å². The summed E-state index contributed by atoms with van der Waals surface area (Å²) in [5.41, 5.74) is 0.578. The van der Waals surface area contributed by atoms with Crippen molar-refractivity contribution in [1.29, 1.82) is 0 Å². The van der Waals surface area contributed by atoms with Crippen LogP contribution in [-0.4, -0.2) is 36.9 Å². The number of halogens is 1. The standard InChI is InChI=1S/C14H17BrN2O2S/c1-16-13(18)9-3-2-6-17(8-9)14(19)11-5-4-10(15)7-12(11)20/h4-5,7,9,20H,2-3,6,8H2,1H3,(H,16,18). The Morgan fingerprint density at radius 3 is 2.85 bits per heavy atom. The fourth-order valence-electron chi connectivity index (χ4n) is 2.44. The number of benzene rings is 1. The highest BCUT2D eigenvalue weighted by Gasteiger charge is 2.28. The highest BCUT2D eigenvalue weighted by atomic mass is 79.9. The molecule has 0 saturated carbocycles. The summed E-state index contributed by atoms with van der Waals surface area (Å²) < 4.78 is 0.890. The predicted octanol–water partition coefficient (Wildman–Crippen LogP) is 2.34. The zero-order valence-corrected chi connectivity index (χ0v) is 13.7. The molecule has 108 valence electrons. The van der Waals surface area contributed by atoms with E-state index in [0.717, 1.165) is 17.3 Å². The normalized spacial score (nSPS) is 18.8. The van der Waals surface area contributed by atoms with Gasteiger partial charge in [0.1, 0.15) is 0 Å². The van der Waals surface area contributed by atoms with E-state index < -0.39 is 0 Å². The topological polar surface area (TPSA) is 49.4 Å². The zero-order chi connectivity index (χ0) is 14.7. The quantitative estimate of drug-likeness (QED) is 0.799. The maximum Gasteiger partial charge on any atom is 0.255 e. The van der Waals surface area contributed by atoms with Crippen LogP contribution in [0, 0.1) is 5.92 Å². The van der Waals surface area contributed by atoms with Gasteiger partial charge < -0.3 is 10.2 Å². The van der Waals surface area contributed by atoms with Crippen LogP contribution < -0.4 is 5.32 Å². The average molecular weight is 357 g/mol. The molecule has 1 aliphatic rings. The van der Waals surface area contributed by atoms with Gasteiger partial charge in [-0.2, -0.15) is 0 Å². The van der Waals surface area contributed by atoms with E-state index >= 15 is 0 Å². The van der Waals surface area contributed by atoms with Gasteiger partial charge >= 0.3 is 0 Å². The summed E-state index contributed by atoms with van der Waals surface area (Å²) in [5, 5.41) is 2.65. The number of carbonyl (C=O) groups is 2. The van der Waals surface area contributed by atoms with Gasteiger partial charge in [-0.3, -0.25) is 9.59 Å². The van der Waals surface area contributed by atoms with E-state index in [0.29, 0.717) is 23.5 Å². The van der Waals surface area contributed by atoms with Crippen molar-refractivity contribution in [3.63, 3.8) is 0 Å². The molecule has 1 aromatic rings. The Labute approximate surface area is 132 Å². The minimum atomic E-state index is -0.114. The second-order valence-electron chi connectivity index (χ2n) is 4.87.